The van der Waals surface area contributed by atoms with Crippen LogP contribution in [0.3, 0.4) is 0 Å². The molecule has 0 N–H and O–H groups in total. The summed E-state index contributed by atoms with van der Waals surface area (Å²) in [5.74, 6) is 1.76. The second-order valence-corrected chi connectivity index (χ2v) is 5.08. The Kier molecular flexibility index (Phi) is 3.35. The van der Waals surface area contributed by atoms with E-state index in [1.165, 1.54) is 4.80 Å². The molecule has 0 amide bonds. The lowest BCUT2D eigenvalue weighted by molar-refractivity contribution is 0.355. The van der Waals surface area contributed by atoms with Crippen LogP contribution in [0, 0.1) is 0 Å². The van der Waals surface area contributed by atoms with E-state index in [1.54, 1.807) is 30.5 Å². The van der Waals surface area contributed by atoms with Crippen LogP contribution in [0.5, 0.6) is 0 Å². The van der Waals surface area contributed by atoms with Gasteiger partial charge in [-0.15, -0.1) is 10.2 Å². The van der Waals surface area contributed by atoms with Gasteiger partial charge in [-0.25, -0.2) is 0 Å². The summed E-state index contributed by atoms with van der Waals surface area (Å²) < 4.78 is 10.4. The van der Waals surface area contributed by atoms with Crippen LogP contribution < -0.4 is 0 Å². The molecule has 4 aromatic rings. The van der Waals surface area contributed by atoms with E-state index in [9.17, 15) is 0 Å². The van der Waals surface area contributed by atoms with Gasteiger partial charge < -0.3 is 8.94 Å². The van der Waals surface area contributed by atoms with Crippen LogP contribution in [0.2, 0.25) is 5.02 Å². The van der Waals surface area contributed by atoms with E-state index in [-0.39, 0.29) is 6.54 Å². The van der Waals surface area contributed by atoms with Crippen molar-refractivity contribution in [1.82, 2.24) is 30.3 Å². The van der Waals surface area contributed by atoms with Crippen LogP contribution in [-0.4, -0.2) is 30.3 Å². The van der Waals surface area contributed by atoms with E-state index in [4.69, 9.17) is 20.5 Å². The molecule has 0 aliphatic rings. The fourth-order valence-electron chi connectivity index (χ4n) is 1.97. The molecule has 0 fully saturated rings. The summed E-state index contributed by atoms with van der Waals surface area (Å²) in [5, 5.41) is 16.7. The highest BCUT2D eigenvalue weighted by atomic mass is 35.5. The predicted octanol–water partition coefficient (Wildman–Crippen LogP) is 2.68. The Hall–Kier alpha value is -3.00. The number of halogens is 1. The van der Waals surface area contributed by atoms with Gasteiger partial charge in [-0.3, -0.25) is 0 Å². The molecular weight excluding hydrogens is 320 g/mol. The molecule has 8 nitrogen and oxygen atoms in total. The molecule has 0 atom stereocenters. The third-order valence-electron chi connectivity index (χ3n) is 3.04. The number of nitrogens with zero attached hydrogens (tertiary/aromatic N) is 6. The Morgan fingerprint density at radius 1 is 1.09 bits per heavy atom. The largest absolute Gasteiger partial charge is 0.461 e. The van der Waals surface area contributed by atoms with Gasteiger partial charge in [-0.05, 0) is 41.6 Å². The van der Waals surface area contributed by atoms with Crippen molar-refractivity contribution in [3.05, 3.63) is 53.6 Å². The summed E-state index contributed by atoms with van der Waals surface area (Å²) >= 11 is 5.86. The van der Waals surface area contributed by atoms with Gasteiger partial charge in [0.05, 0.1) is 6.26 Å². The third-order valence-corrected chi connectivity index (χ3v) is 3.29. The van der Waals surface area contributed by atoms with Crippen molar-refractivity contribution in [2.75, 3.05) is 0 Å². The number of benzene rings is 1. The van der Waals surface area contributed by atoms with Gasteiger partial charge in [-0.2, -0.15) is 9.78 Å². The molecule has 0 saturated carbocycles. The first-order chi connectivity index (χ1) is 11.3. The third kappa shape index (κ3) is 2.84. The second kappa shape index (κ2) is 5.65. The van der Waals surface area contributed by atoms with Gasteiger partial charge in [0, 0.05) is 10.6 Å². The fourth-order valence-corrected chi connectivity index (χ4v) is 2.10. The van der Waals surface area contributed by atoms with E-state index in [0.717, 1.165) is 5.56 Å². The van der Waals surface area contributed by atoms with Crippen molar-refractivity contribution in [2.45, 2.75) is 6.54 Å². The number of rotatable bonds is 4. The lowest BCUT2D eigenvalue weighted by Gasteiger charge is -1.94. The van der Waals surface area contributed by atoms with Crippen molar-refractivity contribution in [1.29, 1.82) is 0 Å². The summed E-state index contributed by atoms with van der Waals surface area (Å²) in [5.41, 5.74) is 0.822. The van der Waals surface area contributed by atoms with E-state index < -0.39 is 0 Å². The maximum absolute atomic E-state index is 5.86. The molecule has 9 heteroatoms. The zero-order valence-corrected chi connectivity index (χ0v) is 12.4. The number of aromatic nitrogens is 6. The smallest absolute Gasteiger partial charge is 0.250 e. The molecule has 3 heterocycles. The normalized spacial score (nSPS) is 11.0. The maximum Gasteiger partial charge on any atom is 0.250 e. The molecule has 0 bridgehead atoms. The van der Waals surface area contributed by atoms with Gasteiger partial charge in [-0.1, -0.05) is 16.8 Å². The van der Waals surface area contributed by atoms with Gasteiger partial charge in [0.15, 0.2) is 5.76 Å². The van der Waals surface area contributed by atoms with Gasteiger partial charge >= 0.3 is 0 Å². The predicted molar refractivity (Wildman–Crippen MR) is 79.4 cm³/mol. The fraction of sp³-hybridized carbons (Fsp3) is 0.0714. The molecule has 0 aliphatic carbocycles. The van der Waals surface area contributed by atoms with Crippen LogP contribution in [0.4, 0.5) is 0 Å². The summed E-state index contributed by atoms with van der Waals surface area (Å²) in [6.07, 6.45) is 1.54. The minimum absolute atomic E-state index is 0.217. The Morgan fingerprint density at radius 2 is 1.96 bits per heavy atom. The highest BCUT2D eigenvalue weighted by molar-refractivity contribution is 6.30. The van der Waals surface area contributed by atoms with Crippen LogP contribution in [0.1, 0.15) is 5.89 Å². The molecule has 0 spiro atoms. The molecule has 0 saturated heterocycles. The molecule has 3 aromatic heterocycles. The molecular formula is C14H9ClN6O2. The average Bonchev–Trinajstić information content (AvgIpc) is 3.29. The highest BCUT2D eigenvalue weighted by Crippen LogP contribution is 2.18. The standard InChI is InChI=1S/C14H9ClN6O2/c15-10-5-3-9(4-6-10)13-17-20-21(18-13)8-12-16-14(19-23-12)11-2-1-7-22-11/h1-7H,8H2. The first-order valence-electron chi connectivity index (χ1n) is 6.68. The van der Waals surface area contributed by atoms with Gasteiger partial charge in [0.1, 0.15) is 6.54 Å². The quantitative estimate of drug-likeness (QED) is 0.568. The first-order valence-corrected chi connectivity index (χ1v) is 7.06. The summed E-state index contributed by atoms with van der Waals surface area (Å²) in [4.78, 5) is 5.60. The Labute approximate surface area is 134 Å². The van der Waals surface area contributed by atoms with Crippen molar-refractivity contribution < 1.29 is 8.94 Å². The minimum Gasteiger partial charge on any atom is -0.461 e. The summed E-state index contributed by atoms with van der Waals surface area (Å²) in [7, 11) is 0. The number of hydrogen-bond donors (Lipinski definition) is 0. The molecule has 0 radical (unpaired) electrons. The van der Waals surface area contributed by atoms with E-state index in [2.05, 4.69) is 25.6 Å². The summed E-state index contributed by atoms with van der Waals surface area (Å²) in [6, 6.07) is 10.7. The Bertz CT molecular complexity index is 913. The SMILES string of the molecule is Clc1ccc(-c2nnn(Cc3nc(-c4ccco4)no3)n2)cc1. The highest BCUT2D eigenvalue weighted by Gasteiger charge is 2.13. The zero-order chi connectivity index (χ0) is 15.6. The number of hydrogen-bond acceptors (Lipinski definition) is 7. The molecule has 0 aliphatic heterocycles. The number of tetrazole rings is 1. The molecule has 4 rings (SSSR count). The Morgan fingerprint density at radius 3 is 2.74 bits per heavy atom. The topological polar surface area (TPSA) is 95.7 Å². The monoisotopic (exact) mass is 328 g/mol. The van der Waals surface area contributed by atoms with Gasteiger partial charge in [0.25, 0.3) is 5.89 Å². The van der Waals surface area contributed by atoms with Crippen molar-refractivity contribution >= 4 is 11.6 Å². The van der Waals surface area contributed by atoms with E-state index >= 15 is 0 Å². The second-order valence-electron chi connectivity index (χ2n) is 4.64. The molecule has 23 heavy (non-hydrogen) atoms. The first kappa shape index (κ1) is 13.6. The van der Waals surface area contributed by atoms with E-state index in [0.29, 0.717) is 28.3 Å². The van der Waals surface area contributed by atoms with Crippen LogP contribution in [0.15, 0.2) is 51.6 Å². The van der Waals surface area contributed by atoms with Crippen molar-refractivity contribution in [3.63, 3.8) is 0 Å². The molecule has 0 unspecified atom stereocenters. The molecule has 114 valence electrons. The maximum atomic E-state index is 5.86. The van der Waals surface area contributed by atoms with E-state index in [1.807, 2.05) is 12.1 Å². The zero-order valence-electron chi connectivity index (χ0n) is 11.6. The lowest BCUT2D eigenvalue weighted by Crippen LogP contribution is -2.04. The van der Waals surface area contributed by atoms with Crippen molar-refractivity contribution in [2.24, 2.45) is 0 Å². The van der Waals surface area contributed by atoms with Gasteiger partial charge in [0.2, 0.25) is 11.6 Å². The van der Waals surface area contributed by atoms with Crippen molar-refractivity contribution in [3.8, 4) is 23.0 Å². The van der Waals surface area contributed by atoms with Crippen LogP contribution in [0.25, 0.3) is 23.0 Å². The average molecular weight is 329 g/mol. The minimum atomic E-state index is 0.217. The summed E-state index contributed by atoms with van der Waals surface area (Å²) in [6.45, 7) is 0.217. The number of furan rings is 1. The Balaban J connectivity index is 1.53. The lowest BCUT2D eigenvalue weighted by atomic mass is 10.2. The van der Waals surface area contributed by atoms with Crippen LogP contribution >= 0.6 is 11.6 Å². The molecule has 1 aromatic carbocycles. The van der Waals surface area contributed by atoms with Crippen LogP contribution in [-0.2, 0) is 6.54 Å².